The maximum atomic E-state index is 6.43. The van der Waals surface area contributed by atoms with Crippen LogP contribution >= 0.6 is 11.6 Å². The number of methoxy groups -OCH3 is 1. The fraction of sp³-hybridized carbons (Fsp3) is 0.200. The van der Waals surface area contributed by atoms with Crippen LogP contribution in [-0.4, -0.2) is 37.9 Å². The monoisotopic (exact) mass is 445 g/mol. The van der Waals surface area contributed by atoms with E-state index in [2.05, 4.69) is 23.1 Å². The fourth-order valence-corrected chi connectivity index (χ4v) is 4.47. The van der Waals surface area contributed by atoms with E-state index in [0.717, 1.165) is 46.2 Å². The van der Waals surface area contributed by atoms with E-state index in [9.17, 15) is 0 Å². The minimum Gasteiger partial charge on any atom is -0.497 e. The van der Waals surface area contributed by atoms with Gasteiger partial charge < -0.3 is 15.4 Å². The third-order valence-corrected chi connectivity index (χ3v) is 5.96. The van der Waals surface area contributed by atoms with Gasteiger partial charge in [-0.25, -0.2) is 5.01 Å². The molecular formula is C25H24ClN5O. The van der Waals surface area contributed by atoms with E-state index < -0.39 is 0 Å². The van der Waals surface area contributed by atoms with E-state index in [1.54, 1.807) is 7.11 Å². The molecule has 0 fully saturated rings. The van der Waals surface area contributed by atoms with Crippen molar-refractivity contribution in [2.24, 2.45) is 15.8 Å². The van der Waals surface area contributed by atoms with Crippen molar-refractivity contribution in [1.82, 2.24) is 0 Å². The molecule has 162 valence electrons. The van der Waals surface area contributed by atoms with Crippen LogP contribution in [0.1, 0.15) is 17.5 Å². The van der Waals surface area contributed by atoms with Crippen molar-refractivity contribution < 1.29 is 4.74 Å². The molecule has 0 aromatic heterocycles. The molecule has 3 aromatic rings. The summed E-state index contributed by atoms with van der Waals surface area (Å²) in [5, 5.41) is 7.68. The summed E-state index contributed by atoms with van der Waals surface area (Å²) in [7, 11) is 1.67. The summed E-state index contributed by atoms with van der Waals surface area (Å²) >= 11 is 6.43. The number of benzene rings is 3. The summed E-state index contributed by atoms with van der Waals surface area (Å²) in [4.78, 5) is 7.23. The SMILES string of the molecule is COc1cccc(N2N=C3CN=C(c4ccccc4)c4cc(Cl)ccc4N3C2CCN)c1. The van der Waals surface area contributed by atoms with Gasteiger partial charge in [-0.15, -0.1) is 0 Å². The zero-order valence-electron chi connectivity index (χ0n) is 17.8. The zero-order valence-corrected chi connectivity index (χ0v) is 18.5. The number of hydrogen-bond acceptors (Lipinski definition) is 6. The first-order valence-corrected chi connectivity index (χ1v) is 11.0. The Morgan fingerprint density at radius 1 is 1.06 bits per heavy atom. The predicted molar refractivity (Wildman–Crippen MR) is 131 cm³/mol. The molecular weight excluding hydrogens is 422 g/mol. The lowest BCUT2D eigenvalue weighted by Gasteiger charge is -2.32. The first kappa shape index (κ1) is 20.5. The number of rotatable bonds is 5. The third kappa shape index (κ3) is 3.61. The average Bonchev–Trinajstić information content (AvgIpc) is 3.10. The number of anilines is 2. The van der Waals surface area contributed by atoms with Crippen molar-refractivity contribution in [2.45, 2.75) is 12.6 Å². The molecule has 0 amide bonds. The molecule has 0 radical (unpaired) electrons. The van der Waals surface area contributed by atoms with E-state index in [-0.39, 0.29) is 6.17 Å². The number of ether oxygens (including phenoxy) is 1. The molecule has 3 aromatic carbocycles. The summed E-state index contributed by atoms with van der Waals surface area (Å²) in [6.45, 7) is 0.984. The minimum atomic E-state index is -0.0765. The largest absolute Gasteiger partial charge is 0.497 e. The smallest absolute Gasteiger partial charge is 0.153 e. The Hall–Kier alpha value is -3.35. The van der Waals surface area contributed by atoms with E-state index in [1.807, 2.05) is 59.6 Å². The Labute approximate surface area is 192 Å². The quantitative estimate of drug-likeness (QED) is 0.627. The van der Waals surface area contributed by atoms with E-state index in [4.69, 9.17) is 32.2 Å². The topological polar surface area (TPSA) is 66.5 Å². The van der Waals surface area contributed by atoms with Crippen molar-refractivity contribution in [3.63, 3.8) is 0 Å². The van der Waals surface area contributed by atoms with Crippen LogP contribution in [-0.2, 0) is 0 Å². The Morgan fingerprint density at radius 3 is 2.69 bits per heavy atom. The summed E-state index contributed by atoms with van der Waals surface area (Å²) in [5.74, 6) is 1.66. The maximum Gasteiger partial charge on any atom is 0.153 e. The molecule has 2 aliphatic rings. The lowest BCUT2D eigenvalue weighted by molar-refractivity contribution is 0.414. The van der Waals surface area contributed by atoms with E-state index >= 15 is 0 Å². The van der Waals surface area contributed by atoms with Gasteiger partial charge in [0.15, 0.2) is 5.84 Å². The van der Waals surface area contributed by atoms with Gasteiger partial charge in [-0.3, -0.25) is 4.99 Å². The number of fused-ring (bicyclic) bond motifs is 3. The number of nitrogens with zero attached hydrogens (tertiary/aromatic N) is 4. The highest BCUT2D eigenvalue weighted by atomic mass is 35.5. The lowest BCUT2D eigenvalue weighted by Crippen LogP contribution is -2.44. The van der Waals surface area contributed by atoms with Gasteiger partial charge >= 0.3 is 0 Å². The van der Waals surface area contributed by atoms with Crippen molar-refractivity contribution in [1.29, 1.82) is 0 Å². The molecule has 0 bridgehead atoms. The highest BCUT2D eigenvalue weighted by molar-refractivity contribution is 6.32. The van der Waals surface area contributed by atoms with Crippen LogP contribution in [0.3, 0.4) is 0 Å². The van der Waals surface area contributed by atoms with Crippen LogP contribution in [0, 0.1) is 0 Å². The van der Waals surface area contributed by atoms with Gasteiger partial charge in [0.2, 0.25) is 0 Å². The molecule has 2 N–H and O–H groups in total. The Morgan fingerprint density at radius 2 is 1.91 bits per heavy atom. The molecule has 0 aliphatic carbocycles. The molecule has 0 saturated carbocycles. The average molecular weight is 446 g/mol. The lowest BCUT2D eigenvalue weighted by atomic mass is 10.00. The van der Waals surface area contributed by atoms with Crippen molar-refractivity contribution >= 4 is 34.5 Å². The molecule has 32 heavy (non-hydrogen) atoms. The van der Waals surface area contributed by atoms with E-state index in [1.165, 1.54) is 0 Å². The molecule has 1 atom stereocenters. The second-order valence-electron chi connectivity index (χ2n) is 7.68. The van der Waals surface area contributed by atoms with Gasteiger partial charge in [0.05, 0.1) is 30.7 Å². The van der Waals surface area contributed by atoms with Crippen molar-refractivity contribution in [3.05, 3.63) is 88.9 Å². The molecule has 6 nitrogen and oxygen atoms in total. The second-order valence-corrected chi connectivity index (χ2v) is 8.12. The Bertz CT molecular complexity index is 1190. The molecule has 7 heteroatoms. The number of hydrogen-bond donors (Lipinski definition) is 1. The fourth-order valence-electron chi connectivity index (χ4n) is 4.30. The molecule has 5 rings (SSSR count). The van der Waals surface area contributed by atoms with Gasteiger partial charge in [0, 0.05) is 28.6 Å². The maximum absolute atomic E-state index is 6.43. The molecule has 0 saturated heterocycles. The minimum absolute atomic E-state index is 0.0765. The predicted octanol–water partition coefficient (Wildman–Crippen LogP) is 4.51. The van der Waals surface area contributed by atoms with Gasteiger partial charge in [-0.2, -0.15) is 5.10 Å². The number of aliphatic imine (C=N–C) groups is 1. The number of halogens is 1. The number of nitrogens with two attached hydrogens (primary N) is 1. The highest BCUT2D eigenvalue weighted by Gasteiger charge is 2.38. The standard InChI is InChI=1S/C25H24ClN5O/c1-32-20-9-5-8-19(15-20)31-24(12-13-27)30-22-11-10-18(26)14-21(22)25(28-16-23(30)29-31)17-6-3-2-4-7-17/h2-11,14-15,24H,12-13,16,27H2,1H3. The van der Waals surface area contributed by atoms with Crippen LogP contribution in [0.25, 0.3) is 0 Å². The summed E-state index contributed by atoms with van der Waals surface area (Å²) in [6, 6.07) is 24.1. The number of hydrazone groups is 1. The van der Waals surface area contributed by atoms with Crippen LogP contribution in [0.15, 0.2) is 82.9 Å². The molecule has 1 unspecified atom stereocenters. The molecule has 0 spiro atoms. The highest BCUT2D eigenvalue weighted by Crippen LogP contribution is 2.37. The van der Waals surface area contributed by atoms with Gasteiger partial charge in [0.25, 0.3) is 0 Å². The summed E-state index contributed by atoms with van der Waals surface area (Å²) < 4.78 is 5.43. The van der Waals surface area contributed by atoms with Gasteiger partial charge in [-0.1, -0.05) is 48.0 Å². The van der Waals surface area contributed by atoms with Crippen molar-refractivity contribution in [3.8, 4) is 5.75 Å². The first-order valence-electron chi connectivity index (χ1n) is 10.6. The third-order valence-electron chi connectivity index (χ3n) is 5.72. The van der Waals surface area contributed by atoms with Crippen LogP contribution in [0.4, 0.5) is 11.4 Å². The molecule has 2 aliphatic heterocycles. The van der Waals surface area contributed by atoms with Crippen molar-refractivity contribution in [2.75, 3.05) is 30.1 Å². The second kappa shape index (κ2) is 8.65. The Kier molecular flexibility index (Phi) is 5.55. The van der Waals surface area contributed by atoms with Gasteiger partial charge in [0.1, 0.15) is 11.9 Å². The van der Waals surface area contributed by atoms with Crippen LogP contribution in [0.5, 0.6) is 5.75 Å². The van der Waals surface area contributed by atoms with Crippen LogP contribution < -0.4 is 20.4 Å². The Balaban J connectivity index is 1.65. The zero-order chi connectivity index (χ0) is 22.1. The van der Waals surface area contributed by atoms with Crippen LogP contribution in [0.2, 0.25) is 5.02 Å². The number of amidine groups is 1. The summed E-state index contributed by atoms with van der Waals surface area (Å²) in [5.41, 5.74) is 11.0. The van der Waals surface area contributed by atoms with E-state index in [0.29, 0.717) is 18.1 Å². The normalized spacial score (nSPS) is 17.3. The van der Waals surface area contributed by atoms with Gasteiger partial charge in [-0.05, 0) is 36.9 Å². The summed E-state index contributed by atoms with van der Waals surface area (Å²) in [6.07, 6.45) is 0.653. The first-order chi connectivity index (χ1) is 15.7. The molecule has 2 heterocycles.